The number of amides is 1. The van der Waals surface area contributed by atoms with Crippen molar-refractivity contribution < 1.29 is 4.79 Å². The highest BCUT2D eigenvalue weighted by molar-refractivity contribution is 6.03. The quantitative estimate of drug-likeness (QED) is 0.752. The van der Waals surface area contributed by atoms with Crippen LogP contribution in [-0.2, 0) is 0 Å². The maximum Gasteiger partial charge on any atom is 0.274 e. The van der Waals surface area contributed by atoms with Crippen LogP contribution in [0.2, 0.25) is 0 Å². The molecule has 1 amide bonds. The van der Waals surface area contributed by atoms with Gasteiger partial charge in [0, 0.05) is 30.3 Å². The Hall–Kier alpha value is -3.14. The standard InChI is InChI=1S/C21H21N3O/c1-15-11-16(2)13-17(12-15)23-21(25)20-14-19(9-10-22-20)24(3)18-7-5-4-6-8-18/h4-14H,1-3H3,(H,23,25). The molecule has 1 aromatic heterocycles. The van der Waals surface area contributed by atoms with Gasteiger partial charge in [-0.2, -0.15) is 0 Å². The monoisotopic (exact) mass is 331 g/mol. The number of benzene rings is 2. The van der Waals surface area contributed by atoms with Gasteiger partial charge < -0.3 is 10.2 Å². The lowest BCUT2D eigenvalue weighted by molar-refractivity contribution is 0.102. The van der Waals surface area contributed by atoms with E-state index in [0.717, 1.165) is 28.2 Å². The van der Waals surface area contributed by atoms with Crippen LogP contribution in [-0.4, -0.2) is 17.9 Å². The van der Waals surface area contributed by atoms with Crippen LogP contribution >= 0.6 is 0 Å². The SMILES string of the molecule is Cc1cc(C)cc(NC(=O)c2cc(N(C)c3ccccc3)ccn2)c1. The Morgan fingerprint density at radius 1 is 0.920 bits per heavy atom. The Bertz CT molecular complexity index is 870. The number of carbonyl (C=O) groups excluding carboxylic acids is 1. The fraction of sp³-hybridized carbons (Fsp3) is 0.143. The van der Waals surface area contributed by atoms with Crippen LogP contribution < -0.4 is 10.2 Å². The van der Waals surface area contributed by atoms with E-state index in [-0.39, 0.29) is 5.91 Å². The van der Waals surface area contributed by atoms with Gasteiger partial charge in [-0.15, -0.1) is 0 Å². The lowest BCUT2D eigenvalue weighted by Gasteiger charge is -2.19. The Balaban J connectivity index is 1.82. The second-order valence-corrected chi connectivity index (χ2v) is 6.12. The highest BCUT2D eigenvalue weighted by Crippen LogP contribution is 2.23. The third kappa shape index (κ3) is 4.04. The summed E-state index contributed by atoms with van der Waals surface area (Å²) in [6, 6.07) is 19.7. The van der Waals surface area contributed by atoms with E-state index in [1.807, 2.05) is 74.3 Å². The molecule has 25 heavy (non-hydrogen) atoms. The number of hydrogen-bond acceptors (Lipinski definition) is 3. The summed E-state index contributed by atoms with van der Waals surface area (Å²) in [5, 5.41) is 2.93. The first-order valence-electron chi connectivity index (χ1n) is 8.17. The fourth-order valence-corrected chi connectivity index (χ4v) is 2.79. The van der Waals surface area contributed by atoms with Crippen LogP contribution in [0.25, 0.3) is 0 Å². The molecular formula is C21H21N3O. The van der Waals surface area contributed by atoms with E-state index in [1.165, 1.54) is 0 Å². The average Bonchev–Trinajstić information content (AvgIpc) is 2.61. The fourth-order valence-electron chi connectivity index (χ4n) is 2.79. The molecule has 0 saturated heterocycles. The summed E-state index contributed by atoms with van der Waals surface area (Å²) in [6.45, 7) is 4.02. The lowest BCUT2D eigenvalue weighted by Crippen LogP contribution is -2.16. The number of aromatic nitrogens is 1. The van der Waals surface area contributed by atoms with Crippen molar-refractivity contribution in [2.75, 3.05) is 17.3 Å². The second kappa shape index (κ2) is 7.18. The molecule has 0 atom stereocenters. The first kappa shape index (κ1) is 16.7. The van der Waals surface area contributed by atoms with Crippen LogP contribution in [0, 0.1) is 13.8 Å². The maximum atomic E-state index is 12.6. The first-order valence-corrected chi connectivity index (χ1v) is 8.17. The molecule has 0 aliphatic heterocycles. The Morgan fingerprint density at radius 3 is 2.28 bits per heavy atom. The number of aryl methyl sites for hydroxylation is 2. The smallest absolute Gasteiger partial charge is 0.274 e. The van der Waals surface area contributed by atoms with Crippen LogP contribution in [0.1, 0.15) is 21.6 Å². The van der Waals surface area contributed by atoms with Crippen LogP contribution in [0.4, 0.5) is 17.1 Å². The predicted molar refractivity (Wildman–Crippen MR) is 103 cm³/mol. The number of anilines is 3. The summed E-state index contributed by atoms with van der Waals surface area (Å²) in [5.41, 5.74) is 5.35. The number of rotatable bonds is 4. The van der Waals surface area contributed by atoms with Crippen molar-refractivity contribution in [3.63, 3.8) is 0 Å². The molecular weight excluding hydrogens is 310 g/mol. The molecule has 3 rings (SSSR count). The van der Waals surface area contributed by atoms with Crippen LogP contribution in [0.5, 0.6) is 0 Å². The minimum Gasteiger partial charge on any atom is -0.345 e. The van der Waals surface area contributed by atoms with Gasteiger partial charge in [0.05, 0.1) is 0 Å². The molecule has 4 nitrogen and oxygen atoms in total. The van der Waals surface area contributed by atoms with Gasteiger partial charge in [0.1, 0.15) is 5.69 Å². The van der Waals surface area contributed by atoms with Crippen molar-refractivity contribution in [1.82, 2.24) is 4.98 Å². The topological polar surface area (TPSA) is 45.2 Å². The number of carbonyl (C=O) groups is 1. The zero-order chi connectivity index (χ0) is 17.8. The van der Waals surface area contributed by atoms with Crippen molar-refractivity contribution in [3.05, 3.63) is 83.7 Å². The molecule has 1 N–H and O–H groups in total. The summed E-state index contributed by atoms with van der Waals surface area (Å²) >= 11 is 0. The number of nitrogens with one attached hydrogen (secondary N) is 1. The molecule has 3 aromatic rings. The molecule has 0 aliphatic carbocycles. The molecule has 1 heterocycles. The molecule has 0 unspecified atom stereocenters. The Kier molecular flexibility index (Phi) is 4.80. The van der Waals surface area contributed by atoms with E-state index >= 15 is 0 Å². The van der Waals surface area contributed by atoms with Crippen molar-refractivity contribution >= 4 is 23.0 Å². The summed E-state index contributed by atoms with van der Waals surface area (Å²) in [6.07, 6.45) is 1.66. The second-order valence-electron chi connectivity index (χ2n) is 6.12. The van der Waals surface area contributed by atoms with Gasteiger partial charge in [-0.25, -0.2) is 0 Å². The van der Waals surface area contributed by atoms with E-state index in [1.54, 1.807) is 12.3 Å². The van der Waals surface area contributed by atoms with Crippen LogP contribution in [0.3, 0.4) is 0 Å². The van der Waals surface area contributed by atoms with Gasteiger partial charge in [-0.1, -0.05) is 24.3 Å². The van der Waals surface area contributed by atoms with Gasteiger partial charge in [0.25, 0.3) is 5.91 Å². The third-order valence-electron chi connectivity index (χ3n) is 3.99. The minimum atomic E-state index is -0.215. The van der Waals surface area contributed by atoms with Crippen molar-refractivity contribution in [2.24, 2.45) is 0 Å². The van der Waals surface area contributed by atoms with Gasteiger partial charge in [-0.3, -0.25) is 9.78 Å². The average molecular weight is 331 g/mol. The maximum absolute atomic E-state index is 12.6. The Labute approximate surface area is 148 Å². The zero-order valence-electron chi connectivity index (χ0n) is 14.7. The lowest BCUT2D eigenvalue weighted by atomic mass is 10.1. The van der Waals surface area contributed by atoms with E-state index in [0.29, 0.717) is 5.69 Å². The van der Waals surface area contributed by atoms with Crippen molar-refractivity contribution in [2.45, 2.75) is 13.8 Å². The van der Waals surface area contributed by atoms with Crippen molar-refractivity contribution in [1.29, 1.82) is 0 Å². The number of para-hydroxylation sites is 1. The van der Waals surface area contributed by atoms with E-state index in [2.05, 4.69) is 16.4 Å². The third-order valence-corrected chi connectivity index (χ3v) is 3.99. The molecule has 0 radical (unpaired) electrons. The molecule has 0 aliphatic rings. The van der Waals surface area contributed by atoms with Gasteiger partial charge in [0.15, 0.2) is 0 Å². The molecule has 2 aromatic carbocycles. The number of hydrogen-bond donors (Lipinski definition) is 1. The normalized spacial score (nSPS) is 10.4. The summed E-state index contributed by atoms with van der Waals surface area (Å²) < 4.78 is 0. The van der Waals surface area contributed by atoms with Crippen molar-refractivity contribution in [3.8, 4) is 0 Å². The van der Waals surface area contributed by atoms with E-state index < -0.39 is 0 Å². The molecule has 0 spiro atoms. The van der Waals surface area contributed by atoms with Gasteiger partial charge in [-0.05, 0) is 61.4 Å². The summed E-state index contributed by atoms with van der Waals surface area (Å²) in [4.78, 5) is 18.8. The van der Waals surface area contributed by atoms with Gasteiger partial charge >= 0.3 is 0 Å². The first-order chi connectivity index (χ1) is 12.0. The summed E-state index contributed by atoms with van der Waals surface area (Å²) in [7, 11) is 1.97. The van der Waals surface area contributed by atoms with Gasteiger partial charge in [0.2, 0.25) is 0 Å². The molecule has 0 saturated carbocycles. The van der Waals surface area contributed by atoms with E-state index in [4.69, 9.17) is 0 Å². The number of nitrogens with zero attached hydrogens (tertiary/aromatic N) is 2. The highest BCUT2D eigenvalue weighted by atomic mass is 16.1. The highest BCUT2D eigenvalue weighted by Gasteiger charge is 2.11. The minimum absolute atomic E-state index is 0.215. The number of pyridine rings is 1. The predicted octanol–water partition coefficient (Wildman–Crippen LogP) is 4.72. The van der Waals surface area contributed by atoms with E-state index in [9.17, 15) is 4.79 Å². The molecule has 126 valence electrons. The molecule has 0 fully saturated rings. The Morgan fingerprint density at radius 2 is 1.60 bits per heavy atom. The van der Waals surface area contributed by atoms with Crippen LogP contribution in [0.15, 0.2) is 66.9 Å². The molecule has 4 heteroatoms. The zero-order valence-corrected chi connectivity index (χ0v) is 14.7. The molecule has 0 bridgehead atoms. The summed E-state index contributed by atoms with van der Waals surface area (Å²) in [5.74, 6) is -0.215. The largest absolute Gasteiger partial charge is 0.345 e.